The van der Waals surface area contributed by atoms with Crippen LogP contribution in [0.5, 0.6) is 0 Å². The average molecular weight is 348 g/mol. The fourth-order valence-electron chi connectivity index (χ4n) is 3.08. The molecular formula is C21H24N4O. The molecular weight excluding hydrogens is 324 g/mol. The van der Waals surface area contributed by atoms with Crippen molar-refractivity contribution < 1.29 is 5.11 Å². The van der Waals surface area contributed by atoms with Gasteiger partial charge in [-0.3, -0.25) is 0 Å². The number of aliphatic hydroxyl groups is 1. The van der Waals surface area contributed by atoms with Crippen LogP contribution in [0.25, 0.3) is 6.08 Å². The summed E-state index contributed by atoms with van der Waals surface area (Å²) in [5, 5.41) is 21.3. The summed E-state index contributed by atoms with van der Waals surface area (Å²) < 4.78 is 0. The first kappa shape index (κ1) is 18.0. The number of benzene rings is 1. The third-order valence-electron chi connectivity index (χ3n) is 4.74. The summed E-state index contributed by atoms with van der Waals surface area (Å²) >= 11 is 0. The van der Waals surface area contributed by atoms with Crippen molar-refractivity contribution in [2.75, 3.05) is 36.5 Å². The van der Waals surface area contributed by atoms with E-state index in [1.54, 1.807) is 0 Å². The van der Waals surface area contributed by atoms with Crippen LogP contribution in [-0.4, -0.2) is 36.3 Å². The van der Waals surface area contributed by atoms with Gasteiger partial charge in [0.1, 0.15) is 5.82 Å². The van der Waals surface area contributed by atoms with Crippen molar-refractivity contribution in [3.63, 3.8) is 0 Å². The van der Waals surface area contributed by atoms with Crippen LogP contribution in [0, 0.1) is 17.2 Å². The summed E-state index contributed by atoms with van der Waals surface area (Å²) in [7, 11) is 0. The molecule has 0 aliphatic carbocycles. The van der Waals surface area contributed by atoms with Gasteiger partial charge in [0.05, 0.1) is 23.5 Å². The Morgan fingerprint density at radius 2 is 1.96 bits per heavy atom. The molecule has 0 spiro atoms. The van der Waals surface area contributed by atoms with Crippen LogP contribution in [-0.2, 0) is 0 Å². The maximum atomic E-state index is 9.23. The Balaban J connectivity index is 1.47. The minimum Gasteiger partial charge on any atom is -0.396 e. The Kier molecular flexibility index (Phi) is 6.24. The number of aliphatic hydroxyl groups excluding tert-OH is 1. The van der Waals surface area contributed by atoms with Crippen molar-refractivity contribution in [3.8, 4) is 6.07 Å². The van der Waals surface area contributed by atoms with Crippen LogP contribution in [0.4, 0.5) is 11.5 Å². The van der Waals surface area contributed by atoms with Gasteiger partial charge in [-0.05, 0) is 48.6 Å². The van der Waals surface area contributed by atoms with Gasteiger partial charge in [0.2, 0.25) is 0 Å². The predicted octanol–water partition coefficient (Wildman–Crippen LogP) is 3.29. The maximum Gasteiger partial charge on any atom is 0.126 e. The summed E-state index contributed by atoms with van der Waals surface area (Å²) in [6.45, 7) is 2.94. The zero-order valence-electron chi connectivity index (χ0n) is 14.8. The lowest BCUT2D eigenvalue weighted by Crippen LogP contribution is -2.34. The molecule has 1 fully saturated rings. The van der Waals surface area contributed by atoms with Crippen molar-refractivity contribution in [1.29, 1.82) is 5.26 Å². The molecule has 0 amide bonds. The molecule has 26 heavy (non-hydrogen) atoms. The number of pyridine rings is 1. The molecule has 5 heteroatoms. The summed E-state index contributed by atoms with van der Waals surface area (Å²) in [6.07, 6.45) is 8.05. The molecule has 2 heterocycles. The number of anilines is 2. The van der Waals surface area contributed by atoms with Gasteiger partial charge in [-0.25, -0.2) is 4.98 Å². The lowest BCUT2D eigenvalue weighted by molar-refractivity contribution is 0.203. The van der Waals surface area contributed by atoms with E-state index in [9.17, 15) is 5.11 Å². The van der Waals surface area contributed by atoms with E-state index < -0.39 is 0 Å². The van der Waals surface area contributed by atoms with E-state index in [2.05, 4.69) is 27.3 Å². The molecule has 1 aromatic heterocycles. The lowest BCUT2D eigenvalue weighted by atomic mass is 9.98. The second-order valence-electron chi connectivity index (χ2n) is 6.53. The normalized spacial score (nSPS) is 15.2. The first-order valence-electron chi connectivity index (χ1n) is 9.01. The van der Waals surface area contributed by atoms with Crippen LogP contribution in [0.1, 0.15) is 24.0 Å². The molecule has 1 saturated heterocycles. The number of hydrogen-bond acceptors (Lipinski definition) is 5. The average Bonchev–Trinajstić information content (AvgIpc) is 2.72. The van der Waals surface area contributed by atoms with Gasteiger partial charge in [-0.15, -0.1) is 0 Å². The summed E-state index contributed by atoms with van der Waals surface area (Å²) in [5.74, 6) is 1.30. The van der Waals surface area contributed by atoms with Gasteiger partial charge < -0.3 is 15.3 Å². The van der Waals surface area contributed by atoms with Crippen LogP contribution < -0.4 is 10.2 Å². The molecule has 1 aliphatic heterocycles. The van der Waals surface area contributed by atoms with E-state index in [1.165, 1.54) is 0 Å². The first-order chi connectivity index (χ1) is 12.8. The topological polar surface area (TPSA) is 72.2 Å². The Morgan fingerprint density at radius 1 is 1.19 bits per heavy atom. The highest BCUT2D eigenvalue weighted by atomic mass is 16.3. The van der Waals surface area contributed by atoms with E-state index in [0.717, 1.165) is 43.0 Å². The molecule has 5 nitrogen and oxygen atoms in total. The minimum absolute atomic E-state index is 0.297. The Morgan fingerprint density at radius 3 is 2.58 bits per heavy atom. The van der Waals surface area contributed by atoms with Crippen molar-refractivity contribution in [2.24, 2.45) is 5.92 Å². The van der Waals surface area contributed by atoms with Crippen LogP contribution >= 0.6 is 0 Å². The summed E-state index contributed by atoms with van der Waals surface area (Å²) in [5.41, 5.74) is 2.88. The largest absolute Gasteiger partial charge is 0.396 e. The second-order valence-corrected chi connectivity index (χ2v) is 6.53. The number of nitrogens with one attached hydrogen (secondary N) is 1. The predicted molar refractivity (Wildman–Crippen MR) is 105 cm³/mol. The maximum absolute atomic E-state index is 9.23. The number of hydrogen-bond donors (Lipinski definition) is 2. The van der Waals surface area contributed by atoms with Crippen LogP contribution in [0.2, 0.25) is 0 Å². The smallest absolute Gasteiger partial charge is 0.126 e. The monoisotopic (exact) mass is 348 g/mol. The van der Waals surface area contributed by atoms with Gasteiger partial charge in [0.15, 0.2) is 0 Å². The van der Waals surface area contributed by atoms with Gasteiger partial charge in [0, 0.05) is 26.2 Å². The quantitative estimate of drug-likeness (QED) is 0.838. The zero-order valence-corrected chi connectivity index (χ0v) is 14.8. The number of rotatable bonds is 6. The number of aromatic nitrogens is 1. The number of nitrogens with zero attached hydrogens (tertiary/aromatic N) is 3. The highest BCUT2D eigenvalue weighted by Gasteiger charge is 2.18. The molecule has 0 unspecified atom stereocenters. The second kappa shape index (κ2) is 9.02. The van der Waals surface area contributed by atoms with E-state index >= 15 is 0 Å². The van der Waals surface area contributed by atoms with E-state index in [1.807, 2.05) is 48.7 Å². The lowest BCUT2D eigenvalue weighted by Gasteiger charge is -2.32. The van der Waals surface area contributed by atoms with Gasteiger partial charge >= 0.3 is 0 Å². The highest BCUT2D eigenvalue weighted by molar-refractivity contribution is 5.53. The van der Waals surface area contributed by atoms with Gasteiger partial charge in [-0.2, -0.15) is 5.26 Å². The van der Waals surface area contributed by atoms with E-state index in [0.29, 0.717) is 24.6 Å². The fraction of sp³-hybridized carbons (Fsp3) is 0.333. The molecule has 0 saturated carbocycles. The number of piperidine rings is 1. The molecule has 3 rings (SSSR count). The van der Waals surface area contributed by atoms with Crippen LogP contribution in [0.15, 0.2) is 48.7 Å². The Bertz CT molecular complexity index is 754. The zero-order chi connectivity index (χ0) is 18.2. The Labute approximate surface area is 154 Å². The molecule has 1 aliphatic rings. The van der Waals surface area contributed by atoms with Crippen molar-refractivity contribution >= 4 is 17.6 Å². The van der Waals surface area contributed by atoms with Gasteiger partial charge in [-0.1, -0.05) is 24.3 Å². The molecule has 0 bridgehead atoms. The van der Waals surface area contributed by atoms with Crippen molar-refractivity contribution in [1.82, 2.24) is 4.98 Å². The number of nitriles is 1. The first-order valence-corrected chi connectivity index (χ1v) is 9.01. The third kappa shape index (κ3) is 4.84. The summed E-state index contributed by atoms with van der Waals surface area (Å²) in [4.78, 5) is 6.82. The van der Waals surface area contributed by atoms with Crippen molar-refractivity contribution in [2.45, 2.75) is 12.8 Å². The molecule has 0 radical (unpaired) electrons. The highest BCUT2D eigenvalue weighted by Crippen LogP contribution is 2.23. The minimum atomic E-state index is 0.297. The van der Waals surface area contributed by atoms with E-state index in [4.69, 9.17) is 5.26 Å². The van der Waals surface area contributed by atoms with Crippen LogP contribution in [0.3, 0.4) is 0 Å². The standard InChI is InChI=1S/C21H24N4O/c22-14-18-5-3-17(4-6-18)2-1-11-23-21-8-7-20(15-24-21)25-12-9-19(16-26)10-13-25/h1-8,15,19,26H,9-13,16H2,(H,23,24)/b2-1+. The molecule has 1 aromatic carbocycles. The third-order valence-corrected chi connectivity index (χ3v) is 4.74. The fourth-order valence-corrected chi connectivity index (χ4v) is 3.08. The van der Waals surface area contributed by atoms with E-state index in [-0.39, 0.29) is 0 Å². The SMILES string of the molecule is N#Cc1ccc(/C=C/CNc2ccc(N3CCC(CO)CC3)cn2)cc1. The molecule has 134 valence electrons. The Hall–Kier alpha value is -2.84. The summed E-state index contributed by atoms with van der Waals surface area (Å²) in [6, 6.07) is 13.7. The van der Waals surface area contributed by atoms with Crippen molar-refractivity contribution in [3.05, 3.63) is 59.8 Å². The molecule has 2 N–H and O–H groups in total. The molecule has 2 aromatic rings. The molecule has 0 atom stereocenters. The van der Waals surface area contributed by atoms with Gasteiger partial charge in [0.25, 0.3) is 0 Å².